The smallest absolute Gasteiger partial charge is 0.136 e. The van der Waals surface area contributed by atoms with Gasteiger partial charge in [-0.1, -0.05) is 185 Å². The van der Waals surface area contributed by atoms with Crippen LogP contribution in [0.25, 0.3) is 77.6 Å². The summed E-state index contributed by atoms with van der Waals surface area (Å²) in [5, 5.41) is 2.27. The number of fused-ring (bicyclic) bond motifs is 3. The highest BCUT2D eigenvalue weighted by Crippen LogP contribution is 2.49. The largest absolute Gasteiger partial charge is 0.456 e. The summed E-state index contributed by atoms with van der Waals surface area (Å²) in [5.41, 5.74) is 18.0. The SMILES string of the molecule is CC(C)(C)c1cc(-c2ccccc2)cc(-c2ccccc2)c1N(c1ccc(-c2ccccc2)cc1)c1ccc(-c2ccccc2-c2ccc3c(c2)oc2ccccc23)cc1. The minimum Gasteiger partial charge on any atom is -0.456 e. The monoisotopic (exact) mass is 771 g/mol. The minimum absolute atomic E-state index is 0.189. The summed E-state index contributed by atoms with van der Waals surface area (Å²) < 4.78 is 6.32. The van der Waals surface area contributed by atoms with Gasteiger partial charge in [0.15, 0.2) is 0 Å². The molecule has 0 unspecified atom stereocenters. The van der Waals surface area contributed by atoms with Gasteiger partial charge in [0.1, 0.15) is 11.2 Å². The molecule has 0 N–H and O–H groups in total. The van der Waals surface area contributed by atoms with Gasteiger partial charge >= 0.3 is 0 Å². The van der Waals surface area contributed by atoms with E-state index in [2.05, 4.69) is 232 Å². The van der Waals surface area contributed by atoms with Crippen molar-refractivity contribution in [2.24, 2.45) is 0 Å². The summed E-state index contributed by atoms with van der Waals surface area (Å²) in [6.45, 7) is 6.98. The van der Waals surface area contributed by atoms with Crippen LogP contribution in [0, 0.1) is 0 Å². The average Bonchev–Trinajstić information content (AvgIpc) is 3.68. The Morgan fingerprint density at radius 3 is 1.40 bits per heavy atom. The lowest BCUT2D eigenvalue weighted by atomic mass is 9.80. The van der Waals surface area contributed by atoms with E-state index in [-0.39, 0.29) is 5.41 Å². The van der Waals surface area contributed by atoms with Crippen LogP contribution in [0.4, 0.5) is 17.1 Å². The van der Waals surface area contributed by atoms with Crippen LogP contribution >= 0.6 is 0 Å². The van der Waals surface area contributed by atoms with Crippen LogP contribution in [0.2, 0.25) is 0 Å². The fraction of sp³-hybridized carbons (Fsp3) is 0.0690. The molecular formula is C58H45NO. The molecule has 0 radical (unpaired) electrons. The fourth-order valence-corrected chi connectivity index (χ4v) is 8.59. The molecule has 288 valence electrons. The van der Waals surface area contributed by atoms with Crippen molar-refractivity contribution in [3.05, 3.63) is 224 Å². The maximum atomic E-state index is 6.32. The normalized spacial score (nSPS) is 11.6. The van der Waals surface area contributed by atoms with Crippen LogP contribution in [-0.2, 0) is 5.41 Å². The molecule has 0 spiro atoms. The van der Waals surface area contributed by atoms with Gasteiger partial charge in [0.2, 0.25) is 0 Å². The van der Waals surface area contributed by atoms with Crippen LogP contribution in [0.15, 0.2) is 223 Å². The van der Waals surface area contributed by atoms with Gasteiger partial charge in [-0.2, -0.15) is 0 Å². The van der Waals surface area contributed by atoms with E-state index >= 15 is 0 Å². The van der Waals surface area contributed by atoms with E-state index < -0.39 is 0 Å². The zero-order valence-corrected chi connectivity index (χ0v) is 34.1. The van der Waals surface area contributed by atoms with Crippen LogP contribution < -0.4 is 4.90 Å². The van der Waals surface area contributed by atoms with Gasteiger partial charge in [-0.15, -0.1) is 0 Å². The van der Waals surface area contributed by atoms with E-state index in [9.17, 15) is 0 Å². The first-order valence-corrected chi connectivity index (χ1v) is 20.8. The number of hydrogen-bond acceptors (Lipinski definition) is 2. The van der Waals surface area contributed by atoms with E-state index in [1.54, 1.807) is 0 Å². The van der Waals surface area contributed by atoms with Crippen molar-refractivity contribution in [1.29, 1.82) is 0 Å². The lowest BCUT2D eigenvalue weighted by Crippen LogP contribution is -2.20. The second-order valence-electron chi connectivity index (χ2n) is 16.6. The Labute approximate surface area is 352 Å². The lowest BCUT2D eigenvalue weighted by Gasteiger charge is -2.35. The molecule has 0 saturated carbocycles. The van der Waals surface area contributed by atoms with E-state index in [1.807, 2.05) is 12.1 Å². The number of nitrogens with zero attached hydrogens (tertiary/aromatic N) is 1. The van der Waals surface area contributed by atoms with Crippen LogP contribution in [-0.4, -0.2) is 0 Å². The van der Waals surface area contributed by atoms with Gasteiger partial charge in [-0.05, 0) is 116 Å². The van der Waals surface area contributed by atoms with Gasteiger partial charge in [-0.3, -0.25) is 0 Å². The zero-order chi connectivity index (χ0) is 40.6. The molecule has 9 aromatic carbocycles. The topological polar surface area (TPSA) is 16.4 Å². The number of benzene rings is 9. The third kappa shape index (κ3) is 6.97. The van der Waals surface area contributed by atoms with Gasteiger partial charge in [0, 0.05) is 27.7 Å². The molecule has 0 bridgehead atoms. The van der Waals surface area contributed by atoms with E-state index in [0.717, 1.165) is 44.4 Å². The van der Waals surface area contributed by atoms with Crippen LogP contribution in [0.5, 0.6) is 0 Å². The average molecular weight is 772 g/mol. The third-order valence-electron chi connectivity index (χ3n) is 11.6. The van der Waals surface area contributed by atoms with Crippen LogP contribution in [0.3, 0.4) is 0 Å². The summed E-state index contributed by atoms with van der Waals surface area (Å²) in [7, 11) is 0. The van der Waals surface area contributed by atoms with Crippen molar-refractivity contribution < 1.29 is 4.42 Å². The number of hydrogen-bond donors (Lipinski definition) is 0. The van der Waals surface area contributed by atoms with Crippen molar-refractivity contribution in [3.8, 4) is 55.6 Å². The molecule has 2 heteroatoms. The highest BCUT2D eigenvalue weighted by Gasteiger charge is 2.28. The maximum Gasteiger partial charge on any atom is 0.136 e. The molecule has 1 heterocycles. The molecular weight excluding hydrogens is 727 g/mol. The molecule has 0 aliphatic heterocycles. The first-order chi connectivity index (χ1) is 29.4. The lowest BCUT2D eigenvalue weighted by molar-refractivity contribution is 0.591. The first-order valence-electron chi connectivity index (χ1n) is 20.8. The summed E-state index contributed by atoms with van der Waals surface area (Å²) in [4.78, 5) is 2.47. The minimum atomic E-state index is -0.189. The molecule has 2 nitrogen and oxygen atoms in total. The molecule has 10 aromatic rings. The summed E-state index contributed by atoms with van der Waals surface area (Å²) >= 11 is 0. The molecule has 60 heavy (non-hydrogen) atoms. The summed E-state index contributed by atoms with van der Waals surface area (Å²) in [6, 6.07) is 78.7. The Morgan fingerprint density at radius 1 is 0.333 bits per heavy atom. The van der Waals surface area contributed by atoms with Crippen molar-refractivity contribution in [1.82, 2.24) is 0 Å². The zero-order valence-electron chi connectivity index (χ0n) is 34.1. The Kier molecular flexibility index (Phi) is 9.47. The Hall–Kier alpha value is -7.42. The Morgan fingerprint density at radius 2 is 0.783 bits per heavy atom. The van der Waals surface area contributed by atoms with Crippen molar-refractivity contribution in [3.63, 3.8) is 0 Å². The number of rotatable bonds is 8. The highest BCUT2D eigenvalue weighted by molar-refractivity contribution is 6.06. The van der Waals surface area contributed by atoms with E-state index in [0.29, 0.717) is 0 Å². The summed E-state index contributed by atoms with van der Waals surface area (Å²) in [5.74, 6) is 0. The van der Waals surface area contributed by atoms with Crippen molar-refractivity contribution in [2.75, 3.05) is 4.90 Å². The van der Waals surface area contributed by atoms with Gasteiger partial charge < -0.3 is 9.32 Å². The number of para-hydroxylation sites is 1. The predicted octanol–water partition coefficient (Wildman–Crippen LogP) is 16.7. The molecule has 1 aromatic heterocycles. The van der Waals surface area contributed by atoms with E-state index in [1.165, 1.54) is 55.8 Å². The Bertz CT molecular complexity index is 3080. The van der Waals surface area contributed by atoms with Crippen LogP contribution in [0.1, 0.15) is 26.3 Å². The van der Waals surface area contributed by atoms with E-state index in [4.69, 9.17) is 4.42 Å². The molecule has 0 aliphatic rings. The summed E-state index contributed by atoms with van der Waals surface area (Å²) in [6.07, 6.45) is 0. The molecule has 10 rings (SSSR count). The van der Waals surface area contributed by atoms with Gasteiger partial charge in [-0.25, -0.2) is 0 Å². The van der Waals surface area contributed by atoms with Crippen molar-refractivity contribution >= 4 is 39.0 Å². The second kappa shape index (κ2) is 15.4. The molecule has 0 atom stereocenters. The number of furan rings is 1. The first kappa shape index (κ1) is 36.9. The van der Waals surface area contributed by atoms with Crippen molar-refractivity contribution in [2.45, 2.75) is 26.2 Å². The molecule has 0 saturated heterocycles. The third-order valence-corrected chi connectivity index (χ3v) is 11.6. The second-order valence-corrected chi connectivity index (χ2v) is 16.6. The van der Waals surface area contributed by atoms with Gasteiger partial charge in [0.25, 0.3) is 0 Å². The predicted molar refractivity (Wildman–Crippen MR) is 254 cm³/mol. The molecule has 0 aliphatic carbocycles. The maximum absolute atomic E-state index is 6.32. The van der Waals surface area contributed by atoms with Gasteiger partial charge in [0.05, 0.1) is 5.69 Å². The Balaban J connectivity index is 1.15. The standard InChI is InChI=1S/C58H45NO/c1-58(2,3)54-38-46(41-19-9-5-10-20-41)37-53(43-21-11-6-12-22-43)57(54)59(47-32-27-42(28-33-47)40-17-7-4-8-18-40)48-34-29-44(30-35-48)49-23-13-14-24-50(49)45-31-36-52-51-25-15-16-26-55(51)60-56(52)39-45/h4-39H,1-3H3. The molecule has 0 fully saturated rings. The number of anilines is 3. The fourth-order valence-electron chi connectivity index (χ4n) is 8.59. The quantitative estimate of drug-likeness (QED) is 0.153. The highest BCUT2D eigenvalue weighted by atomic mass is 16.3. The molecule has 0 amide bonds.